The second-order valence-electron chi connectivity index (χ2n) is 5.82. The molecule has 3 heterocycles. The van der Waals surface area contributed by atoms with E-state index in [1.165, 1.54) is 0 Å². The first kappa shape index (κ1) is 15.6. The summed E-state index contributed by atoms with van der Waals surface area (Å²) >= 11 is 0. The Bertz CT molecular complexity index is 632. The van der Waals surface area contributed by atoms with Gasteiger partial charge in [-0.2, -0.15) is 5.10 Å². The topological polar surface area (TPSA) is 72.5 Å². The molecule has 7 heteroatoms. The molecule has 0 unspecified atom stereocenters. The van der Waals surface area contributed by atoms with E-state index >= 15 is 0 Å². The first-order valence-corrected chi connectivity index (χ1v) is 7.85. The summed E-state index contributed by atoms with van der Waals surface area (Å²) in [5.41, 5.74) is 0.673. The van der Waals surface area contributed by atoms with Crippen LogP contribution in [0.4, 0.5) is 10.5 Å². The number of aromatic nitrogens is 2. The monoisotopic (exact) mass is 318 g/mol. The van der Waals surface area contributed by atoms with Crippen LogP contribution in [0.5, 0.6) is 0 Å². The minimum absolute atomic E-state index is 0.146. The van der Waals surface area contributed by atoms with Crippen molar-refractivity contribution in [2.24, 2.45) is 0 Å². The van der Waals surface area contributed by atoms with Crippen molar-refractivity contribution in [3.05, 3.63) is 36.5 Å². The lowest BCUT2D eigenvalue weighted by molar-refractivity contribution is 0.0940. The summed E-state index contributed by atoms with van der Waals surface area (Å²) in [5, 5.41) is 7.12. The maximum Gasteiger partial charge on any atom is 0.322 e. The van der Waals surface area contributed by atoms with Gasteiger partial charge in [-0.1, -0.05) is 0 Å². The predicted octanol–water partition coefficient (Wildman–Crippen LogP) is 2.88. The van der Waals surface area contributed by atoms with Gasteiger partial charge in [-0.15, -0.1) is 0 Å². The maximum atomic E-state index is 12.3. The molecule has 2 amide bonds. The normalized spacial score (nSPS) is 18.8. The smallest absolute Gasteiger partial charge is 0.322 e. The summed E-state index contributed by atoms with van der Waals surface area (Å²) in [4.78, 5) is 13.9. The van der Waals surface area contributed by atoms with Gasteiger partial charge in [0.15, 0.2) is 0 Å². The fourth-order valence-electron chi connectivity index (χ4n) is 2.63. The molecule has 0 aliphatic carbocycles. The molecule has 2 aromatic rings. The number of hydrogen-bond acceptors (Lipinski definition) is 4. The second-order valence-corrected chi connectivity index (χ2v) is 5.82. The van der Waals surface area contributed by atoms with Gasteiger partial charge in [-0.25, -0.2) is 4.79 Å². The third-order valence-corrected chi connectivity index (χ3v) is 4.16. The number of carbonyl (C=O) groups excluding carboxylic acids is 1. The maximum absolute atomic E-state index is 12.3. The number of ether oxygens (including phenoxy) is 1. The van der Waals surface area contributed by atoms with Crippen LogP contribution in [0.2, 0.25) is 0 Å². The number of anilines is 1. The van der Waals surface area contributed by atoms with Gasteiger partial charge >= 0.3 is 6.03 Å². The minimum Gasteiger partial charge on any atom is -0.467 e. The van der Waals surface area contributed by atoms with Gasteiger partial charge in [0, 0.05) is 19.9 Å². The molecule has 124 valence electrons. The van der Waals surface area contributed by atoms with Crippen molar-refractivity contribution in [2.45, 2.75) is 38.5 Å². The lowest BCUT2D eigenvalue weighted by Crippen LogP contribution is -2.33. The highest BCUT2D eigenvalue weighted by Gasteiger charge is 2.20. The van der Waals surface area contributed by atoms with E-state index in [9.17, 15) is 4.79 Å². The number of rotatable bonds is 5. The van der Waals surface area contributed by atoms with E-state index in [0.29, 0.717) is 12.2 Å². The van der Waals surface area contributed by atoms with E-state index in [4.69, 9.17) is 9.15 Å². The fraction of sp³-hybridized carbons (Fsp3) is 0.500. The van der Waals surface area contributed by atoms with Crippen LogP contribution in [0.3, 0.4) is 0 Å². The molecule has 0 aromatic carbocycles. The van der Waals surface area contributed by atoms with E-state index in [1.54, 1.807) is 24.4 Å². The predicted molar refractivity (Wildman–Crippen MR) is 85.1 cm³/mol. The van der Waals surface area contributed by atoms with Crippen LogP contribution in [-0.2, 0) is 11.3 Å². The molecule has 0 saturated carbocycles. The third-order valence-electron chi connectivity index (χ3n) is 4.16. The number of amides is 2. The van der Waals surface area contributed by atoms with E-state index in [0.717, 1.165) is 25.2 Å². The van der Waals surface area contributed by atoms with Crippen LogP contribution in [0.25, 0.3) is 0 Å². The highest BCUT2D eigenvalue weighted by Crippen LogP contribution is 2.20. The number of furan rings is 1. The standard InChI is InChI=1S/C16H22N4O3/c1-12(15-6-4-8-23-15)19(2)16(21)18-13-9-17-20(10-13)11-14-5-3-7-22-14/h4,6,8-10,12,14H,3,5,7,11H2,1-2H3,(H,18,21)/t12-,14-/m1/s1. The van der Waals surface area contributed by atoms with Gasteiger partial charge in [0.05, 0.1) is 36.8 Å². The van der Waals surface area contributed by atoms with Gasteiger partial charge in [0.25, 0.3) is 0 Å². The molecule has 1 N–H and O–H groups in total. The van der Waals surface area contributed by atoms with Crippen molar-refractivity contribution in [3.8, 4) is 0 Å². The SMILES string of the molecule is C[C@H](c1ccco1)N(C)C(=O)Nc1cnn(C[C@H]2CCCO2)c1. The average Bonchev–Trinajstić information content (AvgIpc) is 3.28. The molecule has 2 aromatic heterocycles. The zero-order valence-corrected chi connectivity index (χ0v) is 13.4. The van der Waals surface area contributed by atoms with Crippen LogP contribution in [0.15, 0.2) is 35.2 Å². The highest BCUT2D eigenvalue weighted by atomic mass is 16.5. The largest absolute Gasteiger partial charge is 0.467 e. The van der Waals surface area contributed by atoms with Crippen LogP contribution in [0.1, 0.15) is 31.6 Å². The summed E-state index contributed by atoms with van der Waals surface area (Å²) in [6.45, 7) is 3.46. The first-order chi connectivity index (χ1) is 11.1. The van der Waals surface area contributed by atoms with Gasteiger partial charge in [0.2, 0.25) is 0 Å². The lowest BCUT2D eigenvalue weighted by atomic mass is 10.2. The lowest BCUT2D eigenvalue weighted by Gasteiger charge is -2.23. The molecular formula is C16H22N4O3. The molecule has 2 atom stereocenters. The Kier molecular flexibility index (Phi) is 4.66. The Morgan fingerprint density at radius 2 is 2.48 bits per heavy atom. The van der Waals surface area contributed by atoms with Gasteiger partial charge < -0.3 is 19.4 Å². The Hall–Kier alpha value is -2.28. The van der Waals surface area contributed by atoms with Gasteiger partial charge in [-0.05, 0) is 31.9 Å². The fourth-order valence-corrected chi connectivity index (χ4v) is 2.63. The summed E-state index contributed by atoms with van der Waals surface area (Å²) in [5.74, 6) is 0.747. The molecule has 3 rings (SSSR count). The number of nitrogens with zero attached hydrogens (tertiary/aromatic N) is 3. The van der Waals surface area contributed by atoms with E-state index in [2.05, 4.69) is 10.4 Å². The molecule has 23 heavy (non-hydrogen) atoms. The van der Waals surface area contributed by atoms with Crippen molar-refractivity contribution in [2.75, 3.05) is 19.0 Å². The molecule has 0 radical (unpaired) electrons. The zero-order chi connectivity index (χ0) is 16.2. The molecule has 1 aliphatic rings. The molecule has 0 spiro atoms. The van der Waals surface area contributed by atoms with Crippen LogP contribution in [-0.4, -0.2) is 40.5 Å². The van der Waals surface area contributed by atoms with Crippen LogP contribution >= 0.6 is 0 Å². The van der Waals surface area contributed by atoms with E-state index in [1.807, 2.05) is 29.9 Å². The first-order valence-electron chi connectivity index (χ1n) is 7.85. The third kappa shape index (κ3) is 3.73. The summed E-state index contributed by atoms with van der Waals surface area (Å²) in [6, 6.07) is 3.32. The summed E-state index contributed by atoms with van der Waals surface area (Å²) < 4.78 is 12.7. The summed E-state index contributed by atoms with van der Waals surface area (Å²) in [6.07, 6.45) is 7.46. The molecule has 1 fully saturated rings. The molecule has 7 nitrogen and oxygen atoms in total. The minimum atomic E-state index is -0.203. The van der Waals surface area contributed by atoms with Crippen LogP contribution in [0, 0.1) is 0 Å². The van der Waals surface area contributed by atoms with E-state index < -0.39 is 0 Å². The van der Waals surface area contributed by atoms with Crippen LogP contribution < -0.4 is 5.32 Å². The van der Waals surface area contributed by atoms with E-state index in [-0.39, 0.29) is 18.2 Å². The van der Waals surface area contributed by atoms with Gasteiger partial charge in [-0.3, -0.25) is 4.68 Å². The number of urea groups is 1. The number of nitrogens with one attached hydrogen (secondary N) is 1. The highest BCUT2D eigenvalue weighted by molar-refractivity contribution is 5.89. The van der Waals surface area contributed by atoms with Crippen molar-refractivity contribution in [3.63, 3.8) is 0 Å². The Morgan fingerprint density at radius 3 is 3.17 bits per heavy atom. The number of hydrogen-bond donors (Lipinski definition) is 1. The Morgan fingerprint density at radius 1 is 1.61 bits per heavy atom. The van der Waals surface area contributed by atoms with Gasteiger partial charge in [0.1, 0.15) is 5.76 Å². The quantitative estimate of drug-likeness (QED) is 0.920. The zero-order valence-electron chi connectivity index (χ0n) is 13.4. The molecular weight excluding hydrogens is 296 g/mol. The van der Waals surface area contributed by atoms with Crippen molar-refractivity contribution in [1.82, 2.24) is 14.7 Å². The Labute approximate surface area is 135 Å². The molecule has 0 bridgehead atoms. The summed E-state index contributed by atoms with van der Waals surface area (Å²) in [7, 11) is 1.74. The van der Waals surface area contributed by atoms with Crippen molar-refractivity contribution < 1.29 is 13.9 Å². The average molecular weight is 318 g/mol. The molecule has 1 saturated heterocycles. The Balaban J connectivity index is 1.56. The molecule has 1 aliphatic heterocycles. The number of carbonyl (C=O) groups is 1. The van der Waals surface area contributed by atoms with Crippen molar-refractivity contribution in [1.29, 1.82) is 0 Å². The second kappa shape index (κ2) is 6.87. The van der Waals surface area contributed by atoms with Crippen molar-refractivity contribution >= 4 is 11.7 Å².